The number of rotatable bonds is 8. The third-order valence-electron chi connectivity index (χ3n) is 5.36. The smallest absolute Gasteiger partial charge is 0.243 e. The highest BCUT2D eigenvalue weighted by Crippen LogP contribution is 2.20. The average molecular weight is 460 g/mol. The van der Waals surface area contributed by atoms with Gasteiger partial charge >= 0.3 is 0 Å². The number of hydrogen-bond acceptors (Lipinski definition) is 6. The Labute approximate surface area is 178 Å². The van der Waals surface area contributed by atoms with Crippen LogP contribution in [0.5, 0.6) is 0 Å². The Morgan fingerprint density at radius 1 is 0.967 bits per heavy atom. The fourth-order valence-electron chi connectivity index (χ4n) is 3.66. The van der Waals surface area contributed by atoms with Crippen LogP contribution in [0.2, 0.25) is 0 Å². The van der Waals surface area contributed by atoms with Crippen LogP contribution in [0.3, 0.4) is 0 Å². The fraction of sp³-hybridized carbons (Fsp3) is 0.632. The molecule has 30 heavy (non-hydrogen) atoms. The molecule has 2 aliphatic rings. The van der Waals surface area contributed by atoms with Gasteiger partial charge in [-0.05, 0) is 37.1 Å². The van der Waals surface area contributed by atoms with E-state index in [4.69, 9.17) is 4.74 Å². The Hall–Kier alpha value is -1.53. The topological polar surface area (TPSA) is 122 Å². The van der Waals surface area contributed by atoms with Crippen LogP contribution in [0.4, 0.5) is 0 Å². The molecule has 1 amide bonds. The molecule has 0 radical (unpaired) electrons. The van der Waals surface area contributed by atoms with E-state index in [1.54, 1.807) is 0 Å². The predicted molar refractivity (Wildman–Crippen MR) is 111 cm³/mol. The lowest BCUT2D eigenvalue weighted by Gasteiger charge is -2.26. The van der Waals surface area contributed by atoms with E-state index in [9.17, 15) is 21.6 Å². The van der Waals surface area contributed by atoms with E-state index in [2.05, 4.69) is 10.0 Å². The van der Waals surface area contributed by atoms with E-state index in [1.165, 1.54) is 35.0 Å². The molecule has 1 aliphatic carbocycles. The number of amides is 1. The minimum absolute atomic E-state index is 0.0191. The standard InChI is InChI=1S/C19H29N3O6S2/c23-19(21-16-4-2-1-3-5-16)10-11-20-29(24,25)17-6-8-18(9-7-17)30(26,27)22-12-14-28-15-13-22/h6-9,16,20H,1-5,10-15H2,(H,21,23). The van der Waals surface area contributed by atoms with Crippen molar-refractivity contribution < 1.29 is 26.4 Å². The van der Waals surface area contributed by atoms with E-state index in [1.807, 2.05) is 0 Å². The molecular weight excluding hydrogens is 430 g/mol. The van der Waals surface area contributed by atoms with Gasteiger partial charge in [-0.25, -0.2) is 21.6 Å². The second kappa shape index (κ2) is 10.2. The van der Waals surface area contributed by atoms with Gasteiger partial charge in [-0.1, -0.05) is 19.3 Å². The van der Waals surface area contributed by atoms with Gasteiger partial charge in [0.05, 0.1) is 23.0 Å². The van der Waals surface area contributed by atoms with E-state index in [-0.39, 0.29) is 47.8 Å². The summed E-state index contributed by atoms with van der Waals surface area (Å²) in [4.78, 5) is 12.0. The summed E-state index contributed by atoms with van der Waals surface area (Å²) in [5, 5.41) is 2.95. The van der Waals surface area contributed by atoms with Crippen LogP contribution in [0.15, 0.2) is 34.1 Å². The maximum atomic E-state index is 12.6. The molecule has 1 aliphatic heterocycles. The number of hydrogen-bond donors (Lipinski definition) is 2. The lowest BCUT2D eigenvalue weighted by atomic mass is 9.95. The van der Waals surface area contributed by atoms with Gasteiger partial charge in [-0.15, -0.1) is 0 Å². The van der Waals surface area contributed by atoms with Crippen LogP contribution in [0.25, 0.3) is 0 Å². The molecular formula is C19H29N3O6S2. The second-order valence-electron chi connectivity index (χ2n) is 7.54. The van der Waals surface area contributed by atoms with E-state index < -0.39 is 20.0 Å². The van der Waals surface area contributed by atoms with Crippen LogP contribution in [0.1, 0.15) is 38.5 Å². The summed E-state index contributed by atoms with van der Waals surface area (Å²) >= 11 is 0. The van der Waals surface area contributed by atoms with Gasteiger partial charge in [0.15, 0.2) is 0 Å². The highest BCUT2D eigenvalue weighted by molar-refractivity contribution is 7.89. The van der Waals surface area contributed by atoms with E-state index in [0.717, 1.165) is 25.7 Å². The minimum Gasteiger partial charge on any atom is -0.379 e. The molecule has 1 aromatic rings. The van der Waals surface area contributed by atoms with Crippen molar-refractivity contribution in [2.75, 3.05) is 32.8 Å². The van der Waals surface area contributed by atoms with Crippen molar-refractivity contribution in [3.63, 3.8) is 0 Å². The van der Waals surface area contributed by atoms with Crippen molar-refractivity contribution in [3.8, 4) is 0 Å². The third-order valence-corrected chi connectivity index (χ3v) is 8.75. The van der Waals surface area contributed by atoms with Gasteiger partial charge in [-0.3, -0.25) is 4.79 Å². The van der Waals surface area contributed by atoms with Gasteiger partial charge in [0, 0.05) is 32.1 Å². The van der Waals surface area contributed by atoms with Crippen molar-refractivity contribution in [1.82, 2.24) is 14.3 Å². The number of sulfonamides is 2. The summed E-state index contributed by atoms with van der Waals surface area (Å²) in [6.45, 7) is 1.20. The molecule has 1 heterocycles. The molecule has 0 spiro atoms. The summed E-state index contributed by atoms with van der Waals surface area (Å²) in [7, 11) is -7.52. The number of morpholine rings is 1. The van der Waals surface area contributed by atoms with E-state index in [0.29, 0.717) is 13.2 Å². The maximum Gasteiger partial charge on any atom is 0.243 e. The second-order valence-corrected chi connectivity index (χ2v) is 11.2. The SMILES string of the molecule is O=C(CCNS(=O)(=O)c1ccc(S(=O)(=O)N2CCOCC2)cc1)NC1CCCCC1. The van der Waals surface area contributed by atoms with Crippen LogP contribution in [-0.4, -0.2) is 65.9 Å². The minimum atomic E-state index is -3.83. The molecule has 1 saturated heterocycles. The zero-order valence-corrected chi connectivity index (χ0v) is 18.5. The Morgan fingerprint density at radius 3 is 2.20 bits per heavy atom. The van der Waals surface area contributed by atoms with Crippen LogP contribution >= 0.6 is 0 Å². The molecule has 0 bridgehead atoms. The Morgan fingerprint density at radius 2 is 1.57 bits per heavy atom. The number of nitrogens with one attached hydrogen (secondary N) is 2. The molecule has 2 fully saturated rings. The molecule has 2 N–H and O–H groups in total. The highest BCUT2D eigenvalue weighted by atomic mass is 32.2. The first kappa shape index (κ1) is 23.1. The summed E-state index contributed by atoms with van der Waals surface area (Å²) in [6, 6.07) is 5.28. The van der Waals surface area contributed by atoms with Crippen molar-refractivity contribution in [2.24, 2.45) is 0 Å². The Bertz CT molecular complexity index is 920. The lowest BCUT2D eigenvalue weighted by molar-refractivity contribution is -0.121. The van der Waals surface area contributed by atoms with Gasteiger partial charge in [0.25, 0.3) is 0 Å². The maximum absolute atomic E-state index is 12.6. The first-order chi connectivity index (χ1) is 14.3. The highest BCUT2D eigenvalue weighted by Gasteiger charge is 2.27. The van der Waals surface area contributed by atoms with Crippen LogP contribution < -0.4 is 10.0 Å². The van der Waals surface area contributed by atoms with E-state index >= 15 is 0 Å². The lowest BCUT2D eigenvalue weighted by Crippen LogP contribution is -2.40. The number of benzene rings is 1. The zero-order valence-electron chi connectivity index (χ0n) is 16.9. The first-order valence-electron chi connectivity index (χ1n) is 10.3. The van der Waals surface area contributed by atoms with Crippen molar-refractivity contribution >= 4 is 26.0 Å². The quantitative estimate of drug-likeness (QED) is 0.594. The molecule has 3 rings (SSSR count). The van der Waals surface area contributed by atoms with Crippen LogP contribution in [-0.2, 0) is 29.6 Å². The average Bonchev–Trinajstić information content (AvgIpc) is 2.75. The molecule has 168 valence electrons. The Kier molecular flexibility index (Phi) is 7.86. The summed E-state index contributed by atoms with van der Waals surface area (Å²) in [6.07, 6.45) is 5.40. The first-order valence-corrected chi connectivity index (χ1v) is 13.2. The van der Waals surface area contributed by atoms with Gasteiger partial charge in [0.1, 0.15) is 0 Å². The summed E-state index contributed by atoms with van der Waals surface area (Å²) < 4.78 is 59.0. The monoisotopic (exact) mass is 459 g/mol. The van der Waals surface area contributed by atoms with Crippen LogP contribution in [0, 0.1) is 0 Å². The number of carbonyl (C=O) groups excluding carboxylic acids is 1. The molecule has 0 atom stereocenters. The number of carbonyl (C=O) groups is 1. The van der Waals surface area contributed by atoms with Gasteiger partial charge in [-0.2, -0.15) is 4.31 Å². The largest absolute Gasteiger partial charge is 0.379 e. The number of nitrogens with zero attached hydrogens (tertiary/aromatic N) is 1. The van der Waals surface area contributed by atoms with Crippen molar-refractivity contribution in [1.29, 1.82) is 0 Å². The Balaban J connectivity index is 1.53. The fourth-order valence-corrected chi connectivity index (χ4v) is 6.10. The zero-order chi connectivity index (χ0) is 21.6. The molecule has 1 saturated carbocycles. The van der Waals surface area contributed by atoms with Crippen molar-refractivity contribution in [2.45, 2.75) is 54.4 Å². The van der Waals surface area contributed by atoms with Gasteiger partial charge < -0.3 is 10.1 Å². The van der Waals surface area contributed by atoms with Gasteiger partial charge in [0.2, 0.25) is 26.0 Å². The summed E-state index contributed by atoms with van der Waals surface area (Å²) in [5.74, 6) is -0.170. The van der Waals surface area contributed by atoms with Crippen molar-refractivity contribution in [3.05, 3.63) is 24.3 Å². The molecule has 0 aromatic heterocycles. The summed E-state index contributed by atoms with van der Waals surface area (Å²) in [5.41, 5.74) is 0. The number of ether oxygens (including phenoxy) is 1. The predicted octanol–water partition coefficient (Wildman–Crippen LogP) is 0.825. The molecule has 9 nitrogen and oxygen atoms in total. The normalized spacial score (nSPS) is 19.5. The third kappa shape index (κ3) is 6.01. The molecule has 11 heteroatoms. The molecule has 0 unspecified atom stereocenters. The molecule has 1 aromatic carbocycles.